The van der Waals surface area contributed by atoms with Gasteiger partial charge in [0.25, 0.3) is 5.91 Å². The molecule has 0 saturated carbocycles. The fourth-order valence-electron chi connectivity index (χ4n) is 1.34. The van der Waals surface area contributed by atoms with Crippen molar-refractivity contribution < 1.29 is 4.79 Å². The third-order valence-corrected chi connectivity index (χ3v) is 3.30. The van der Waals surface area contributed by atoms with Crippen LogP contribution in [0.15, 0.2) is 29.6 Å². The average molecular weight is 267 g/mol. The first kappa shape index (κ1) is 12.1. The number of carbonyl (C=O) groups excluding carboxylic acids is 1. The largest absolute Gasteiger partial charge is 0.321 e. The van der Waals surface area contributed by atoms with Crippen molar-refractivity contribution in [2.24, 2.45) is 0 Å². The molecule has 0 atom stereocenters. The number of hydrogen-bond acceptors (Lipinski definition) is 3. The van der Waals surface area contributed by atoms with Gasteiger partial charge in [-0.25, -0.2) is 4.98 Å². The molecule has 2 aromatic rings. The molecule has 0 aliphatic heterocycles. The molecule has 17 heavy (non-hydrogen) atoms. The Balaban J connectivity index is 2.07. The number of nitrogens with zero attached hydrogens (tertiary/aromatic N) is 1. The molecule has 1 amide bonds. The Hall–Kier alpha value is -1.39. The van der Waals surface area contributed by atoms with E-state index in [0.29, 0.717) is 11.6 Å². The molecule has 88 valence electrons. The maximum absolute atomic E-state index is 11.8. The molecule has 1 aromatic heterocycles. The van der Waals surface area contributed by atoms with E-state index in [-0.39, 0.29) is 5.91 Å². The van der Waals surface area contributed by atoms with Gasteiger partial charge in [-0.05, 0) is 24.6 Å². The molecule has 0 saturated heterocycles. The highest BCUT2D eigenvalue weighted by Crippen LogP contribution is 2.14. The lowest BCUT2D eigenvalue weighted by Crippen LogP contribution is -2.12. The van der Waals surface area contributed by atoms with Crippen LogP contribution in [-0.2, 0) is 5.88 Å². The van der Waals surface area contributed by atoms with Crippen molar-refractivity contribution in [2.75, 3.05) is 5.32 Å². The summed E-state index contributed by atoms with van der Waals surface area (Å²) < 4.78 is 0. The van der Waals surface area contributed by atoms with Crippen LogP contribution in [0.25, 0.3) is 0 Å². The van der Waals surface area contributed by atoms with Crippen molar-refractivity contribution in [3.63, 3.8) is 0 Å². The van der Waals surface area contributed by atoms with Crippen LogP contribution in [0.2, 0.25) is 0 Å². The van der Waals surface area contributed by atoms with Crippen molar-refractivity contribution >= 4 is 34.5 Å². The van der Waals surface area contributed by atoms with E-state index in [4.69, 9.17) is 11.6 Å². The first-order chi connectivity index (χ1) is 8.19. The highest BCUT2D eigenvalue weighted by Gasteiger charge is 2.09. The third kappa shape index (κ3) is 3.05. The first-order valence-corrected chi connectivity index (χ1v) is 6.49. The Labute approximate surface area is 108 Å². The molecule has 0 radical (unpaired) electrons. The highest BCUT2D eigenvalue weighted by atomic mass is 35.5. The molecular formula is C12H11ClN2OS. The molecule has 5 heteroatoms. The van der Waals surface area contributed by atoms with Crippen LogP contribution < -0.4 is 5.32 Å². The van der Waals surface area contributed by atoms with Crippen LogP contribution in [0.5, 0.6) is 0 Å². The Bertz CT molecular complexity index is 522. The van der Waals surface area contributed by atoms with E-state index >= 15 is 0 Å². The maximum Gasteiger partial charge on any atom is 0.275 e. The Morgan fingerprint density at radius 1 is 1.41 bits per heavy atom. The number of thiazole rings is 1. The SMILES string of the molecule is Cc1nc(C(=O)Nc2ccc(CCl)cc2)cs1. The van der Waals surface area contributed by atoms with Crippen molar-refractivity contribution in [1.82, 2.24) is 4.98 Å². The van der Waals surface area contributed by atoms with Gasteiger partial charge in [-0.15, -0.1) is 22.9 Å². The zero-order valence-electron chi connectivity index (χ0n) is 9.24. The van der Waals surface area contributed by atoms with Gasteiger partial charge in [0.15, 0.2) is 0 Å². The first-order valence-electron chi connectivity index (χ1n) is 5.07. The highest BCUT2D eigenvalue weighted by molar-refractivity contribution is 7.09. The van der Waals surface area contributed by atoms with Gasteiger partial charge in [-0.1, -0.05) is 12.1 Å². The Morgan fingerprint density at radius 3 is 2.65 bits per heavy atom. The van der Waals surface area contributed by atoms with Gasteiger partial charge in [-0.2, -0.15) is 0 Å². The van der Waals surface area contributed by atoms with Gasteiger partial charge in [0.2, 0.25) is 0 Å². The van der Waals surface area contributed by atoms with E-state index in [1.807, 2.05) is 31.2 Å². The summed E-state index contributed by atoms with van der Waals surface area (Å²) in [5.41, 5.74) is 2.22. The van der Waals surface area contributed by atoms with Crippen molar-refractivity contribution in [3.05, 3.63) is 45.9 Å². The van der Waals surface area contributed by atoms with Gasteiger partial charge in [0, 0.05) is 16.9 Å². The molecule has 1 aromatic carbocycles. The number of nitrogens with one attached hydrogen (secondary N) is 1. The summed E-state index contributed by atoms with van der Waals surface area (Å²) in [4.78, 5) is 15.9. The summed E-state index contributed by atoms with van der Waals surface area (Å²) in [6.07, 6.45) is 0. The summed E-state index contributed by atoms with van der Waals surface area (Å²) in [5.74, 6) is 0.285. The molecule has 1 heterocycles. The minimum absolute atomic E-state index is 0.187. The molecule has 0 aliphatic rings. The summed E-state index contributed by atoms with van der Waals surface area (Å²) in [5, 5.41) is 5.41. The Kier molecular flexibility index (Phi) is 3.76. The van der Waals surface area contributed by atoms with Crippen molar-refractivity contribution in [1.29, 1.82) is 0 Å². The van der Waals surface area contributed by atoms with Crippen molar-refractivity contribution in [2.45, 2.75) is 12.8 Å². The fraction of sp³-hybridized carbons (Fsp3) is 0.167. The van der Waals surface area contributed by atoms with Gasteiger partial charge in [0.1, 0.15) is 5.69 Å². The molecule has 0 spiro atoms. The molecule has 0 aliphatic carbocycles. The lowest BCUT2D eigenvalue weighted by atomic mass is 10.2. The molecule has 1 N–H and O–H groups in total. The second-order valence-electron chi connectivity index (χ2n) is 3.54. The summed E-state index contributed by atoms with van der Waals surface area (Å²) >= 11 is 7.15. The van der Waals surface area contributed by atoms with Crippen LogP contribution in [0, 0.1) is 6.92 Å². The van der Waals surface area contributed by atoms with E-state index in [2.05, 4.69) is 10.3 Å². The number of aromatic nitrogens is 1. The van der Waals surface area contributed by atoms with Crippen LogP contribution >= 0.6 is 22.9 Å². The van der Waals surface area contributed by atoms with Crippen LogP contribution in [0.4, 0.5) is 5.69 Å². The second kappa shape index (κ2) is 5.29. The van der Waals surface area contributed by atoms with E-state index in [1.165, 1.54) is 11.3 Å². The standard InChI is InChI=1S/C12H11ClN2OS/c1-8-14-11(7-17-8)12(16)15-10-4-2-9(6-13)3-5-10/h2-5,7H,6H2,1H3,(H,15,16). The van der Waals surface area contributed by atoms with Gasteiger partial charge in [-0.3, -0.25) is 4.79 Å². The van der Waals surface area contributed by atoms with E-state index in [1.54, 1.807) is 5.38 Å². The lowest BCUT2D eigenvalue weighted by molar-refractivity contribution is 0.102. The molecule has 0 unspecified atom stereocenters. The number of rotatable bonds is 3. The Morgan fingerprint density at radius 2 is 2.12 bits per heavy atom. The predicted octanol–water partition coefficient (Wildman–Crippen LogP) is 3.44. The number of carbonyl (C=O) groups is 1. The van der Waals surface area contributed by atoms with Crippen LogP contribution in [0.1, 0.15) is 21.1 Å². The van der Waals surface area contributed by atoms with E-state index < -0.39 is 0 Å². The number of anilines is 1. The molecule has 0 bridgehead atoms. The zero-order chi connectivity index (χ0) is 12.3. The van der Waals surface area contributed by atoms with E-state index in [9.17, 15) is 4.79 Å². The number of benzene rings is 1. The van der Waals surface area contributed by atoms with Gasteiger partial charge < -0.3 is 5.32 Å². The number of halogens is 1. The second-order valence-corrected chi connectivity index (χ2v) is 4.87. The minimum atomic E-state index is -0.187. The fourth-order valence-corrected chi connectivity index (χ4v) is 2.11. The lowest BCUT2D eigenvalue weighted by Gasteiger charge is -2.03. The van der Waals surface area contributed by atoms with E-state index in [0.717, 1.165) is 16.3 Å². The topological polar surface area (TPSA) is 42.0 Å². The average Bonchev–Trinajstić information content (AvgIpc) is 2.77. The molecule has 3 nitrogen and oxygen atoms in total. The van der Waals surface area contributed by atoms with Crippen molar-refractivity contribution in [3.8, 4) is 0 Å². The van der Waals surface area contributed by atoms with Gasteiger partial charge >= 0.3 is 0 Å². The molecular weight excluding hydrogens is 256 g/mol. The minimum Gasteiger partial charge on any atom is -0.321 e. The molecule has 0 fully saturated rings. The zero-order valence-corrected chi connectivity index (χ0v) is 10.8. The number of amides is 1. The van der Waals surface area contributed by atoms with Crippen LogP contribution in [-0.4, -0.2) is 10.9 Å². The third-order valence-electron chi connectivity index (χ3n) is 2.22. The van der Waals surface area contributed by atoms with Crippen LogP contribution in [0.3, 0.4) is 0 Å². The summed E-state index contributed by atoms with van der Waals surface area (Å²) in [6.45, 7) is 1.87. The predicted molar refractivity (Wildman–Crippen MR) is 70.8 cm³/mol. The smallest absolute Gasteiger partial charge is 0.275 e. The number of alkyl halides is 1. The maximum atomic E-state index is 11.8. The quantitative estimate of drug-likeness (QED) is 0.865. The van der Waals surface area contributed by atoms with Gasteiger partial charge in [0.05, 0.1) is 5.01 Å². The number of aryl methyl sites for hydroxylation is 1. The summed E-state index contributed by atoms with van der Waals surface area (Å²) in [6, 6.07) is 7.42. The summed E-state index contributed by atoms with van der Waals surface area (Å²) in [7, 11) is 0. The monoisotopic (exact) mass is 266 g/mol. The molecule has 2 rings (SSSR count). The normalized spacial score (nSPS) is 10.2. The number of hydrogen-bond donors (Lipinski definition) is 1.